The molecule has 2 N–H and O–H groups in total. The highest BCUT2D eigenvalue weighted by Crippen LogP contribution is 2.22. The summed E-state index contributed by atoms with van der Waals surface area (Å²) in [6.07, 6.45) is -0.107. The maximum absolute atomic E-state index is 13.2. The fourth-order valence-electron chi connectivity index (χ4n) is 4.39. The van der Waals surface area contributed by atoms with Gasteiger partial charge in [0, 0.05) is 61.7 Å². The van der Waals surface area contributed by atoms with Crippen molar-refractivity contribution < 1.29 is 19.1 Å². The normalized spacial score (nSPS) is 18.7. The molecule has 0 aromatic heterocycles. The van der Waals surface area contributed by atoms with Crippen molar-refractivity contribution in [1.29, 1.82) is 0 Å². The first-order valence-corrected chi connectivity index (χ1v) is 12.0. The summed E-state index contributed by atoms with van der Waals surface area (Å²) in [7, 11) is 1.65. The molecule has 0 aliphatic carbocycles. The number of halogens is 1. The van der Waals surface area contributed by atoms with Crippen molar-refractivity contribution in [3.63, 3.8) is 0 Å². The van der Waals surface area contributed by atoms with Crippen LogP contribution in [0.5, 0.6) is 5.75 Å². The highest BCUT2D eigenvalue weighted by molar-refractivity contribution is 6.30. The van der Waals surface area contributed by atoms with E-state index < -0.39 is 6.04 Å². The van der Waals surface area contributed by atoms with Gasteiger partial charge in [0.2, 0.25) is 17.7 Å². The van der Waals surface area contributed by atoms with Crippen molar-refractivity contribution >= 4 is 40.7 Å². The van der Waals surface area contributed by atoms with Crippen LogP contribution in [0.3, 0.4) is 0 Å². The summed E-state index contributed by atoms with van der Waals surface area (Å²) in [6, 6.07) is 13.8. The van der Waals surface area contributed by atoms with E-state index in [1.54, 1.807) is 31.4 Å². The first kappa shape index (κ1) is 24.8. The Balaban J connectivity index is 1.32. The van der Waals surface area contributed by atoms with E-state index in [-0.39, 0.29) is 30.7 Å². The topological polar surface area (TPSA) is 94.2 Å². The molecule has 2 fully saturated rings. The van der Waals surface area contributed by atoms with Crippen molar-refractivity contribution in [2.45, 2.75) is 12.5 Å². The molecule has 0 unspecified atom stereocenters. The van der Waals surface area contributed by atoms with Gasteiger partial charge in [-0.2, -0.15) is 0 Å². The number of carbonyl (C=O) groups excluding carboxylic acids is 3. The van der Waals surface area contributed by atoms with Gasteiger partial charge < -0.3 is 25.2 Å². The first-order valence-electron chi connectivity index (χ1n) is 11.7. The number of piperazine rings is 2. The van der Waals surface area contributed by atoms with Crippen molar-refractivity contribution in [3.05, 3.63) is 53.6 Å². The molecule has 2 aromatic carbocycles. The molecular formula is C25H30ClN5O4. The van der Waals surface area contributed by atoms with E-state index in [2.05, 4.69) is 26.5 Å². The van der Waals surface area contributed by atoms with Gasteiger partial charge >= 0.3 is 0 Å². The zero-order valence-corrected chi connectivity index (χ0v) is 20.5. The van der Waals surface area contributed by atoms with Crippen LogP contribution in [0.2, 0.25) is 5.02 Å². The van der Waals surface area contributed by atoms with Crippen LogP contribution in [0, 0.1) is 0 Å². The summed E-state index contributed by atoms with van der Waals surface area (Å²) >= 11 is 5.89. The molecular weight excluding hydrogens is 470 g/mol. The van der Waals surface area contributed by atoms with Crippen LogP contribution in [-0.4, -0.2) is 86.5 Å². The van der Waals surface area contributed by atoms with Crippen molar-refractivity contribution in [3.8, 4) is 5.75 Å². The second-order valence-electron chi connectivity index (χ2n) is 8.62. The van der Waals surface area contributed by atoms with Crippen molar-refractivity contribution in [1.82, 2.24) is 15.1 Å². The molecule has 2 aliphatic heterocycles. The predicted molar refractivity (Wildman–Crippen MR) is 135 cm³/mol. The maximum atomic E-state index is 13.2. The van der Waals surface area contributed by atoms with E-state index in [0.717, 1.165) is 37.6 Å². The molecule has 0 saturated carbocycles. The van der Waals surface area contributed by atoms with E-state index in [1.807, 2.05) is 18.2 Å². The molecule has 2 aliphatic rings. The minimum absolute atomic E-state index is 0.107. The van der Waals surface area contributed by atoms with Crippen molar-refractivity contribution in [2.75, 3.05) is 63.1 Å². The molecule has 10 heteroatoms. The molecule has 35 heavy (non-hydrogen) atoms. The van der Waals surface area contributed by atoms with E-state index in [4.69, 9.17) is 16.3 Å². The molecule has 3 amide bonds. The predicted octanol–water partition coefficient (Wildman–Crippen LogP) is 1.83. The monoisotopic (exact) mass is 499 g/mol. The molecule has 2 heterocycles. The van der Waals surface area contributed by atoms with Crippen molar-refractivity contribution in [2.24, 2.45) is 0 Å². The summed E-state index contributed by atoms with van der Waals surface area (Å²) in [5, 5.41) is 6.10. The van der Waals surface area contributed by atoms with Gasteiger partial charge in [-0.05, 0) is 36.4 Å². The van der Waals surface area contributed by atoms with E-state index >= 15 is 0 Å². The second-order valence-corrected chi connectivity index (χ2v) is 9.05. The summed E-state index contributed by atoms with van der Waals surface area (Å²) < 4.78 is 5.32. The lowest BCUT2D eigenvalue weighted by Gasteiger charge is -2.39. The number of nitrogens with one attached hydrogen (secondary N) is 2. The molecule has 4 rings (SSSR count). The zero-order valence-electron chi connectivity index (χ0n) is 19.7. The maximum Gasteiger partial charge on any atom is 0.243 e. The Labute approximate surface area is 210 Å². The van der Waals surface area contributed by atoms with Gasteiger partial charge in [-0.25, -0.2) is 0 Å². The summed E-state index contributed by atoms with van der Waals surface area (Å²) in [4.78, 5) is 44.2. The van der Waals surface area contributed by atoms with Crippen LogP contribution in [0.25, 0.3) is 0 Å². The highest BCUT2D eigenvalue weighted by atomic mass is 35.5. The number of hydrogen-bond donors (Lipinski definition) is 2. The fourth-order valence-corrected chi connectivity index (χ4v) is 4.52. The number of amides is 3. The molecule has 2 saturated heterocycles. The van der Waals surface area contributed by atoms with E-state index in [1.165, 1.54) is 4.90 Å². The Morgan fingerprint density at radius 3 is 2.54 bits per heavy atom. The van der Waals surface area contributed by atoms with Crippen LogP contribution in [0.4, 0.5) is 11.4 Å². The molecule has 1 atom stereocenters. The fraction of sp³-hybridized carbons (Fsp3) is 0.400. The summed E-state index contributed by atoms with van der Waals surface area (Å²) in [5.74, 6) is 0.0337. The van der Waals surface area contributed by atoms with E-state index in [9.17, 15) is 14.4 Å². The first-order chi connectivity index (χ1) is 16.9. The summed E-state index contributed by atoms with van der Waals surface area (Å²) in [5.41, 5.74) is 1.68. The number of methoxy groups -OCH3 is 1. The SMILES string of the molecule is COc1cccc(N2CCN(CC(=O)N3CCNC(=O)[C@H]3CC(=O)Nc3ccc(Cl)cc3)CC2)c1. The molecule has 0 bridgehead atoms. The molecule has 0 spiro atoms. The second kappa shape index (κ2) is 11.4. The van der Waals surface area contributed by atoms with Gasteiger partial charge in [0.05, 0.1) is 20.1 Å². The van der Waals surface area contributed by atoms with Crippen LogP contribution >= 0.6 is 11.6 Å². The number of benzene rings is 2. The van der Waals surface area contributed by atoms with Gasteiger partial charge in [-0.1, -0.05) is 17.7 Å². The minimum atomic E-state index is -0.832. The smallest absolute Gasteiger partial charge is 0.243 e. The van der Waals surface area contributed by atoms with Gasteiger partial charge in [0.1, 0.15) is 11.8 Å². The quantitative estimate of drug-likeness (QED) is 0.603. The number of hydrogen-bond acceptors (Lipinski definition) is 6. The van der Waals surface area contributed by atoms with Crippen LogP contribution in [0.1, 0.15) is 6.42 Å². The lowest BCUT2D eigenvalue weighted by Crippen LogP contribution is -2.60. The largest absolute Gasteiger partial charge is 0.497 e. The average molecular weight is 500 g/mol. The number of anilines is 2. The lowest BCUT2D eigenvalue weighted by molar-refractivity contribution is -0.145. The molecule has 186 valence electrons. The highest BCUT2D eigenvalue weighted by Gasteiger charge is 2.35. The van der Waals surface area contributed by atoms with Gasteiger partial charge in [0.15, 0.2) is 0 Å². The molecule has 2 aromatic rings. The summed E-state index contributed by atoms with van der Waals surface area (Å²) in [6.45, 7) is 4.00. The standard InChI is InChI=1S/C25H30ClN5O4/c1-35-21-4-2-3-20(15-21)30-13-11-29(12-14-30)17-24(33)31-10-9-27-25(34)22(31)16-23(32)28-19-7-5-18(26)6-8-19/h2-8,15,22H,9-14,16-17H2,1H3,(H,27,34)(H,28,32)/t22-/m1/s1. The number of ether oxygens (including phenoxy) is 1. The number of carbonyl (C=O) groups is 3. The third-order valence-corrected chi connectivity index (χ3v) is 6.56. The molecule has 9 nitrogen and oxygen atoms in total. The molecule has 0 radical (unpaired) electrons. The Morgan fingerprint density at radius 2 is 1.83 bits per heavy atom. The lowest BCUT2D eigenvalue weighted by atomic mass is 10.1. The number of rotatable bonds is 7. The Morgan fingerprint density at radius 1 is 1.09 bits per heavy atom. The Kier molecular flexibility index (Phi) is 8.09. The van der Waals surface area contributed by atoms with Gasteiger partial charge in [-0.15, -0.1) is 0 Å². The van der Waals surface area contributed by atoms with Crippen LogP contribution in [-0.2, 0) is 14.4 Å². The van der Waals surface area contributed by atoms with Crippen LogP contribution in [0.15, 0.2) is 48.5 Å². The number of nitrogens with zero attached hydrogens (tertiary/aromatic N) is 3. The third kappa shape index (κ3) is 6.43. The Hall–Kier alpha value is -3.30. The minimum Gasteiger partial charge on any atom is -0.497 e. The Bertz CT molecular complexity index is 1060. The zero-order chi connectivity index (χ0) is 24.8. The van der Waals surface area contributed by atoms with Gasteiger partial charge in [0.25, 0.3) is 0 Å². The van der Waals surface area contributed by atoms with Crippen LogP contribution < -0.4 is 20.3 Å². The third-order valence-electron chi connectivity index (χ3n) is 6.31. The van der Waals surface area contributed by atoms with Gasteiger partial charge in [-0.3, -0.25) is 19.3 Å². The van der Waals surface area contributed by atoms with E-state index in [0.29, 0.717) is 23.8 Å². The average Bonchev–Trinajstić information content (AvgIpc) is 2.87.